The summed E-state index contributed by atoms with van der Waals surface area (Å²) < 4.78 is 7.91. The van der Waals surface area contributed by atoms with Gasteiger partial charge in [0.15, 0.2) is 5.82 Å². The fourth-order valence-corrected chi connectivity index (χ4v) is 13.2. The molecule has 4 saturated heterocycles. The number of nitriles is 1. The summed E-state index contributed by atoms with van der Waals surface area (Å²) in [5.74, 6) is 1.04. The van der Waals surface area contributed by atoms with Crippen LogP contribution in [0.4, 0.5) is 11.5 Å². The average molecular weight is 1100 g/mol. The number of carbonyl (C=O) groups excluding carboxylic acids is 2. The lowest BCUT2D eigenvalue weighted by atomic mass is 9.71. The molecule has 6 aromatic rings. The smallest absolute Gasteiger partial charge is 0.348 e. The number of aromatic amines is 1. The maximum Gasteiger partial charge on any atom is 0.348 e. The van der Waals surface area contributed by atoms with Gasteiger partial charge in [0.25, 0.3) is 0 Å². The van der Waals surface area contributed by atoms with Gasteiger partial charge in [-0.25, -0.2) is 14.5 Å². The third kappa shape index (κ3) is 11.2. The lowest BCUT2D eigenvalue weighted by molar-refractivity contribution is -0.140. The van der Waals surface area contributed by atoms with Crippen LogP contribution in [0.15, 0.2) is 90.2 Å². The molecule has 2 aromatic heterocycles. The van der Waals surface area contributed by atoms with E-state index in [0.29, 0.717) is 73.0 Å². The SMILES string of the molecule is C=CC(=O)N1CCN(c2nc(OCCN3CCC4(CC3)CCN(C(=O)C3CCN(Cc5ccc(-n6c(-c7cc(C(C)C)c(O)cc7O)n[nH]c6=O)cc5)CC3)CC4)nc3c2CCN(c2cccc4cccc(Cl)c24)C3)CC1CC#N. The molecule has 1 spiro atoms. The van der Waals surface area contributed by atoms with Crippen LogP contribution in [0.2, 0.25) is 5.02 Å². The summed E-state index contributed by atoms with van der Waals surface area (Å²) in [6, 6.07) is 25.3. The summed E-state index contributed by atoms with van der Waals surface area (Å²) in [5, 5.41) is 40.4. The van der Waals surface area contributed by atoms with E-state index in [1.165, 1.54) is 16.7 Å². The van der Waals surface area contributed by atoms with E-state index >= 15 is 0 Å². The Bertz CT molecular complexity index is 3360. The van der Waals surface area contributed by atoms with Crippen LogP contribution < -0.4 is 20.2 Å². The van der Waals surface area contributed by atoms with Gasteiger partial charge in [0.1, 0.15) is 23.9 Å². The predicted octanol–water partition coefficient (Wildman–Crippen LogP) is 8.03. The summed E-state index contributed by atoms with van der Waals surface area (Å²) in [7, 11) is 0. The van der Waals surface area contributed by atoms with Crippen molar-refractivity contribution in [2.24, 2.45) is 11.3 Å². The molecule has 19 heteroatoms. The molecule has 4 fully saturated rings. The number of ether oxygens (including phenoxy) is 1. The Morgan fingerprint density at radius 3 is 2.36 bits per heavy atom. The van der Waals surface area contributed by atoms with Crippen LogP contribution in [0, 0.1) is 22.7 Å². The van der Waals surface area contributed by atoms with Gasteiger partial charge in [-0.05, 0) is 135 Å². The highest BCUT2D eigenvalue weighted by Crippen LogP contribution is 2.43. The standard InChI is InChI=1S/C61H71ClN12O6/c1-4-54(77)73-32-31-72(38-45(73)15-23-63)56-46-18-26-71(51-10-6-8-42-7-5-9-49(62)55(42)51)39-50(46)64-59(65-56)80-34-33-68-27-19-61(20-28-68)21-29-70(30-22-61)58(78)43-16-24-69(25-17-43)37-41-11-13-44(14-12-41)74-57(66-67-60(74)79)48-35-47(40(2)3)52(75)36-53(48)76/h4-14,35-36,40,43,45,75-76H,1,15-22,24-34,37-39H2,2-3H3,(H,67,79). The maximum atomic E-state index is 14.0. The number of fused-ring (bicyclic) bond motifs is 2. The fourth-order valence-electron chi connectivity index (χ4n) is 13.0. The molecule has 0 aliphatic carbocycles. The number of aromatic nitrogens is 5. The number of hydrogen-bond donors (Lipinski definition) is 3. The first-order valence-corrected chi connectivity index (χ1v) is 28.7. The lowest BCUT2D eigenvalue weighted by Crippen LogP contribution is -2.55. The van der Waals surface area contributed by atoms with E-state index in [9.17, 15) is 29.9 Å². The molecular weight excluding hydrogens is 1030 g/mol. The number of rotatable bonds is 14. The first-order chi connectivity index (χ1) is 38.8. The van der Waals surface area contributed by atoms with E-state index < -0.39 is 5.69 Å². The monoisotopic (exact) mass is 1100 g/mol. The molecule has 18 nitrogen and oxygen atoms in total. The number of amides is 2. The van der Waals surface area contributed by atoms with E-state index in [-0.39, 0.29) is 52.9 Å². The van der Waals surface area contributed by atoms with E-state index in [4.69, 9.17) is 26.3 Å². The first-order valence-electron chi connectivity index (χ1n) is 28.3. The second-order valence-corrected chi connectivity index (χ2v) is 23.1. The molecule has 418 valence electrons. The van der Waals surface area contributed by atoms with Gasteiger partial charge >= 0.3 is 11.7 Å². The third-order valence-corrected chi connectivity index (χ3v) is 18.0. The van der Waals surface area contributed by atoms with E-state index in [0.717, 1.165) is 137 Å². The Balaban J connectivity index is 0.663. The van der Waals surface area contributed by atoms with Gasteiger partial charge in [0.05, 0.1) is 47.0 Å². The number of H-pyrrole nitrogens is 1. The van der Waals surface area contributed by atoms with Crippen molar-refractivity contribution in [2.75, 3.05) is 88.4 Å². The number of likely N-dealkylation sites (tertiary alicyclic amines) is 3. The average Bonchev–Trinajstić information content (AvgIpc) is 4.04. The predicted molar refractivity (Wildman–Crippen MR) is 308 cm³/mol. The van der Waals surface area contributed by atoms with Gasteiger partial charge in [-0.2, -0.15) is 20.3 Å². The number of anilines is 2. The maximum absolute atomic E-state index is 14.0. The van der Waals surface area contributed by atoms with Crippen LogP contribution in [-0.2, 0) is 29.1 Å². The van der Waals surface area contributed by atoms with Crippen molar-refractivity contribution < 1.29 is 24.5 Å². The third-order valence-electron chi connectivity index (χ3n) is 17.7. The number of phenolic OH excluding ortho intramolecular Hbond substituents is 2. The van der Waals surface area contributed by atoms with Gasteiger partial charge in [-0.15, -0.1) is 0 Å². The van der Waals surface area contributed by atoms with Gasteiger partial charge in [-0.1, -0.05) is 68.4 Å². The van der Waals surface area contributed by atoms with Crippen molar-refractivity contribution in [2.45, 2.75) is 90.3 Å². The van der Waals surface area contributed by atoms with Crippen LogP contribution in [0.3, 0.4) is 0 Å². The molecule has 0 radical (unpaired) electrons. The zero-order valence-corrected chi connectivity index (χ0v) is 46.6. The first kappa shape index (κ1) is 54.5. The van der Waals surface area contributed by atoms with Gasteiger partial charge in [-0.3, -0.25) is 19.4 Å². The molecule has 0 bridgehead atoms. The zero-order valence-electron chi connectivity index (χ0n) is 45.8. The molecular formula is C61H71ClN12O6. The molecule has 5 aliphatic rings. The summed E-state index contributed by atoms with van der Waals surface area (Å²) in [6.07, 6.45) is 8.12. The Labute approximate surface area is 471 Å². The number of aromatic hydroxyl groups is 2. The molecule has 80 heavy (non-hydrogen) atoms. The normalized spacial score (nSPS) is 19.1. The Morgan fingerprint density at radius 2 is 1.64 bits per heavy atom. The van der Waals surface area contributed by atoms with Crippen molar-refractivity contribution in [1.82, 2.24) is 44.3 Å². The molecule has 11 rings (SSSR count). The molecule has 1 atom stereocenters. The highest BCUT2D eigenvalue weighted by Gasteiger charge is 2.40. The van der Waals surface area contributed by atoms with Crippen LogP contribution >= 0.6 is 11.6 Å². The minimum Gasteiger partial charge on any atom is -0.508 e. The fraction of sp³-hybridized carbons (Fsp3) is 0.459. The number of piperidine rings is 3. The quantitative estimate of drug-likeness (QED) is 0.0885. The second-order valence-electron chi connectivity index (χ2n) is 22.7. The highest BCUT2D eigenvalue weighted by atomic mass is 35.5. The highest BCUT2D eigenvalue weighted by molar-refractivity contribution is 6.36. The van der Waals surface area contributed by atoms with Crippen molar-refractivity contribution in [3.05, 3.63) is 123 Å². The number of nitrogens with one attached hydrogen (secondary N) is 1. The van der Waals surface area contributed by atoms with E-state index in [1.54, 1.807) is 11.0 Å². The van der Waals surface area contributed by atoms with Crippen LogP contribution in [0.5, 0.6) is 17.5 Å². The molecule has 0 saturated carbocycles. The topological polar surface area (TPSA) is 204 Å². The number of carbonyl (C=O) groups is 2. The summed E-state index contributed by atoms with van der Waals surface area (Å²) >= 11 is 6.81. The minimum absolute atomic E-state index is 0.00489. The number of nitrogens with zero attached hydrogens (tertiary/aromatic N) is 11. The molecule has 2 amide bonds. The largest absolute Gasteiger partial charge is 0.508 e. The molecule has 4 aromatic carbocycles. The van der Waals surface area contributed by atoms with Crippen molar-refractivity contribution in [3.8, 4) is 40.7 Å². The molecule has 5 aliphatic heterocycles. The van der Waals surface area contributed by atoms with E-state index in [1.807, 2.05) is 50.2 Å². The number of benzene rings is 4. The van der Waals surface area contributed by atoms with E-state index in [2.05, 4.69) is 71.6 Å². The van der Waals surface area contributed by atoms with Crippen molar-refractivity contribution in [1.29, 1.82) is 5.26 Å². The second kappa shape index (κ2) is 23.3. The molecule has 7 heterocycles. The zero-order chi connectivity index (χ0) is 55.7. The van der Waals surface area contributed by atoms with Crippen molar-refractivity contribution >= 4 is 45.7 Å². The molecule has 3 N–H and O–H groups in total. The van der Waals surface area contributed by atoms with Crippen molar-refractivity contribution in [3.63, 3.8) is 0 Å². The van der Waals surface area contributed by atoms with Gasteiger partial charge in [0, 0.05) is 81.0 Å². The number of halogens is 1. The number of hydrogen-bond acceptors (Lipinski definition) is 14. The Morgan fingerprint density at radius 1 is 0.900 bits per heavy atom. The lowest BCUT2D eigenvalue weighted by Gasteiger charge is -2.47. The Hall–Kier alpha value is -7.46. The van der Waals surface area contributed by atoms with Gasteiger partial charge < -0.3 is 34.5 Å². The minimum atomic E-state index is -0.432. The molecule has 1 unspecified atom stereocenters. The number of phenols is 2. The summed E-state index contributed by atoms with van der Waals surface area (Å²) in [4.78, 5) is 63.2. The Kier molecular flexibility index (Phi) is 15.9. The number of piperazine rings is 1. The van der Waals surface area contributed by atoms with Crippen LogP contribution in [-0.4, -0.2) is 151 Å². The van der Waals surface area contributed by atoms with Crippen LogP contribution in [0.25, 0.3) is 27.8 Å². The van der Waals surface area contributed by atoms with Gasteiger partial charge in [0.2, 0.25) is 11.8 Å². The van der Waals surface area contributed by atoms with Crippen LogP contribution in [0.1, 0.15) is 87.1 Å². The summed E-state index contributed by atoms with van der Waals surface area (Å²) in [5.41, 5.74) is 5.53. The summed E-state index contributed by atoms with van der Waals surface area (Å²) in [6.45, 7) is 17.5.